The summed E-state index contributed by atoms with van der Waals surface area (Å²) in [6.07, 6.45) is 3.07. The van der Waals surface area contributed by atoms with Gasteiger partial charge >= 0.3 is 6.03 Å². The summed E-state index contributed by atoms with van der Waals surface area (Å²) >= 11 is 6.02. The van der Waals surface area contributed by atoms with Crippen molar-refractivity contribution < 1.29 is 9.59 Å². The van der Waals surface area contributed by atoms with Crippen LogP contribution in [0, 0.1) is 11.3 Å². The zero-order valence-corrected chi connectivity index (χ0v) is 19.5. The summed E-state index contributed by atoms with van der Waals surface area (Å²) in [6, 6.07) is 19.3. The molecule has 0 bridgehead atoms. The van der Waals surface area contributed by atoms with Gasteiger partial charge in [0.05, 0.1) is 13.1 Å². The van der Waals surface area contributed by atoms with Gasteiger partial charge in [-0.05, 0) is 41.3 Å². The highest BCUT2D eigenvalue weighted by atomic mass is 35.5. The molecule has 0 radical (unpaired) electrons. The topological polar surface area (TPSA) is 104 Å². The average Bonchev–Trinajstić information content (AvgIpc) is 3.37. The van der Waals surface area contributed by atoms with Gasteiger partial charge in [0.15, 0.2) is 0 Å². The molecule has 1 N–H and O–H groups in total. The molecule has 174 valence electrons. The molecule has 0 aliphatic carbocycles. The Morgan fingerprint density at radius 1 is 1.06 bits per heavy atom. The third kappa shape index (κ3) is 4.86. The maximum atomic E-state index is 12.0. The molecule has 4 aromatic rings. The molecule has 0 spiro atoms. The molecule has 2 aromatic carbocycles. The average molecular weight is 485 g/mol. The van der Waals surface area contributed by atoms with Gasteiger partial charge in [0.1, 0.15) is 11.7 Å². The molecule has 5 rings (SSSR count). The summed E-state index contributed by atoms with van der Waals surface area (Å²) in [6.45, 7) is 0.942. The second-order valence-corrected chi connectivity index (χ2v) is 8.82. The summed E-state index contributed by atoms with van der Waals surface area (Å²) < 4.78 is 2.12. The number of nitriles is 1. The first-order valence-corrected chi connectivity index (χ1v) is 11.5. The van der Waals surface area contributed by atoms with Crippen molar-refractivity contribution in [2.24, 2.45) is 0 Å². The Balaban J connectivity index is 1.44. The van der Waals surface area contributed by atoms with E-state index < -0.39 is 0 Å². The van der Waals surface area contributed by atoms with Crippen LogP contribution < -0.4 is 5.32 Å². The molecular formula is C26H21ClN6O2. The van der Waals surface area contributed by atoms with Gasteiger partial charge in [-0.25, -0.2) is 14.8 Å². The van der Waals surface area contributed by atoms with Gasteiger partial charge in [-0.2, -0.15) is 5.26 Å². The van der Waals surface area contributed by atoms with Crippen LogP contribution in [0.1, 0.15) is 28.2 Å². The molecule has 35 heavy (non-hydrogen) atoms. The zero-order chi connectivity index (χ0) is 24.4. The molecule has 0 saturated carbocycles. The van der Waals surface area contributed by atoms with Crippen LogP contribution in [0.2, 0.25) is 5.02 Å². The molecule has 2 aromatic heterocycles. The molecule has 1 saturated heterocycles. The standard InChI is InChI=1S/C26H21ClN6O2/c27-21-6-4-17(5-7-21)8-9-32-22(12-20-14-29-23(13-28)31-25(20)32)11-18-2-1-3-19(10-18)16-33-24(34)15-30-26(33)35/h1-7,10,12,14H,8-9,11,15-16H2,(H,30,35). The number of hydrogen-bond donors (Lipinski definition) is 1. The van der Waals surface area contributed by atoms with E-state index in [4.69, 9.17) is 11.6 Å². The number of fused-ring (bicyclic) bond motifs is 1. The van der Waals surface area contributed by atoms with Crippen molar-refractivity contribution in [3.63, 3.8) is 0 Å². The molecule has 3 heterocycles. The van der Waals surface area contributed by atoms with Crippen LogP contribution in [0.4, 0.5) is 4.79 Å². The summed E-state index contributed by atoms with van der Waals surface area (Å²) in [5.74, 6) is -0.0972. The van der Waals surface area contributed by atoms with Crippen molar-refractivity contribution in [1.82, 2.24) is 24.8 Å². The minimum absolute atomic E-state index is 0.0397. The lowest BCUT2D eigenvalue weighted by molar-refractivity contribution is -0.125. The van der Waals surface area contributed by atoms with Crippen molar-refractivity contribution in [2.45, 2.75) is 25.9 Å². The number of urea groups is 1. The van der Waals surface area contributed by atoms with E-state index in [1.165, 1.54) is 4.90 Å². The van der Waals surface area contributed by atoms with Crippen LogP contribution in [0.25, 0.3) is 11.0 Å². The number of aryl methyl sites for hydroxylation is 2. The van der Waals surface area contributed by atoms with Crippen LogP contribution in [-0.2, 0) is 30.7 Å². The van der Waals surface area contributed by atoms with Gasteiger partial charge in [0, 0.05) is 35.3 Å². The third-order valence-corrected chi connectivity index (χ3v) is 6.26. The lowest BCUT2D eigenvalue weighted by atomic mass is 10.1. The Bertz CT molecular complexity index is 1460. The minimum atomic E-state index is -0.366. The van der Waals surface area contributed by atoms with Gasteiger partial charge in [-0.3, -0.25) is 9.69 Å². The first kappa shape index (κ1) is 22.6. The summed E-state index contributed by atoms with van der Waals surface area (Å²) in [4.78, 5) is 33.7. The summed E-state index contributed by atoms with van der Waals surface area (Å²) in [5.41, 5.74) is 4.82. The number of aromatic nitrogens is 3. The van der Waals surface area contributed by atoms with Crippen LogP contribution in [-0.4, -0.2) is 37.9 Å². The van der Waals surface area contributed by atoms with Crippen LogP contribution in [0.3, 0.4) is 0 Å². The molecular weight excluding hydrogens is 464 g/mol. The SMILES string of the molecule is N#Cc1ncc2cc(Cc3cccc(CN4C(=O)CNC4=O)c3)n(CCc3ccc(Cl)cc3)c2n1. The Morgan fingerprint density at radius 3 is 2.60 bits per heavy atom. The molecule has 1 aliphatic heterocycles. The normalized spacial score (nSPS) is 13.3. The molecule has 8 nitrogen and oxygen atoms in total. The number of halogens is 1. The Labute approximate surface area is 206 Å². The molecule has 9 heteroatoms. The van der Waals surface area contributed by atoms with E-state index in [-0.39, 0.29) is 30.9 Å². The fourth-order valence-corrected chi connectivity index (χ4v) is 4.41. The van der Waals surface area contributed by atoms with Crippen molar-refractivity contribution in [1.29, 1.82) is 5.26 Å². The van der Waals surface area contributed by atoms with Gasteiger partial charge in [0.25, 0.3) is 0 Å². The van der Waals surface area contributed by atoms with E-state index in [2.05, 4.69) is 19.9 Å². The summed E-state index contributed by atoms with van der Waals surface area (Å²) in [7, 11) is 0. The number of carbonyl (C=O) groups excluding carboxylic acids is 2. The van der Waals surface area contributed by atoms with Gasteiger partial charge < -0.3 is 9.88 Å². The largest absolute Gasteiger partial charge is 0.329 e. The van der Waals surface area contributed by atoms with E-state index in [0.717, 1.165) is 39.8 Å². The van der Waals surface area contributed by atoms with Gasteiger partial charge in [0.2, 0.25) is 11.7 Å². The number of carbonyl (C=O) groups is 2. The van der Waals surface area contributed by atoms with E-state index in [1.54, 1.807) is 6.20 Å². The second-order valence-electron chi connectivity index (χ2n) is 8.38. The molecule has 1 fully saturated rings. The van der Waals surface area contributed by atoms with Crippen LogP contribution >= 0.6 is 11.6 Å². The molecule has 0 atom stereocenters. The van der Waals surface area contributed by atoms with Crippen molar-refractivity contribution in [2.75, 3.05) is 6.54 Å². The highest BCUT2D eigenvalue weighted by Crippen LogP contribution is 2.23. The van der Waals surface area contributed by atoms with Crippen LogP contribution in [0.15, 0.2) is 60.8 Å². The molecule has 1 aliphatic rings. The Hall–Kier alpha value is -4.22. The second kappa shape index (κ2) is 9.57. The monoisotopic (exact) mass is 484 g/mol. The number of nitrogens with one attached hydrogen (secondary N) is 1. The van der Waals surface area contributed by atoms with Crippen molar-refractivity contribution in [3.05, 3.63) is 94.0 Å². The number of rotatable bonds is 7. The highest BCUT2D eigenvalue weighted by molar-refractivity contribution is 6.30. The van der Waals surface area contributed by atoms with Crippen molar-refractivity contribution >= 4 is 34.6 Å². The molecule has 0 unspecified atom stereocenters. The minimum Gasteiger partial charge on any atom is -0.329 e. The van der Waals surface area contributed by atoms with Crippen molar-refractivity contribution in [3.8, 4) is 6.07 Å². The van der Waals surface area contributed by atoms with E-state index in [1.807, 2.05) is 60.7 Å². The van der Waals surface area contributed by atoms with Gasteiger partial charge in [-0.1, -0.05) is 48.0 Å². The maximum Gasteiger partial charge on any atom is 0.324 e. The fraction of sp³-hybridized carbons (Fsp3) is 0.192. The lowest BCUT2D eigenvalue weighted by Gasteiger charge is -2.14. The number of nitrogens with zero attached hydrogens (tertiary/aromatic N) is 5. The highest BCUT2D eigenvalue weighted by Gasteiger charge is 2.28. The zero-order valence-electron chi connectivity index (χ0n) is 18.7. The maximum absolute atomic E-state index is 12.0. The summed E-state index contributed by atoms with van der Waals surface area (Å²) in [5, 5.41) is 13.4. The fourth-order valence-electron chi connectivity index (χ4n) is 4.28. The van der Waals surface area contributed by atoms with E-state index >= 15 is 0 Å². The number of amides is 3. The van der Waals surface area contributed by atoms with E-state index in [9.17, 15) is 14.9 Å². The number of imide groups is 1. The predicted octanol–water partition coefficient (Wildman–Crippen LogP) is 3.84. The first-order valence-electron chi connectivity index (χ1n) is 11.2. The number of hydrogen-bond acceptors (Lipinski definition) is 5. The van der Waals surface area contributed by atoms with Crippen LogP contribution in [0.5, 0.6) is 0 Å². The van der Waals surface area contributed by atoms with Gasteiger partial charge in [-0.15, -0.1) is 0 Å². The molecule has 3 amide bonds. The van der Waals surface area contributed by atoms with E-state index in [0.29, 0.717) is 18.0 Å². The first-order chi connectivity index (χ1) is 17.0. The quantitative estimate of drug-likeness (QED) is 0.401. The smallest absolute Gasteiger partial charge is 0.324 e. The number of benzene rings is 2. The lowest BCUT2D eigenvalue weighted by Crippen LogP contribution is -2.30. The third-order valence-electron chi connectivity index (χ3n) is 6.01. The predicted molar refractivity (Wildman–Crippen MR) is 131 cm³/mol. The Morgan fingerprint density at radius 2 is 1.86 bits per heavy atom. The Kier molecular flexibility index (Phi) is 6.17.